The molecule has 1 saturated heterocycles. The fourth-order valence-corrected chi connectivity index (χ4v) is 3.38. The Hall–Kier alpha value is -0.610. The molecule has 0 aromatic carbocycles. The van der Waals surface area contributed by atoms with Gasteiger partial charge in [0.2, 0.25) is 0 Å². The summed E-state index contributed by atoms with van der Waals surface area (Å²) in [5.41, 5.74) is 0. The van der Waals surface area contributed by atoms with E-state index in [4.69, 9.17) is 5.11 Å². The van der Waals surface area contributed by atoms with Gasteiger partial charge in [0.15, 0.2) is 0 Å². The summed E-state index contributed by atoms with van der Waals surface area (Å²) in [6.45, 7) is 5.69. The van der Waals surface area contributed by atoms with Gasteiger partial charge in [-0.15, -0.1) is 0 Å². The third-order valence-corrected chi connectivity index (χ3v) is 4.45. The van der Waals surface area contributed by atoms with Gasteiger partial charge >= 0.3 is 5.97 Å². The number of carbonyl (C=O) groups is 1. The summed E-state index contributed by atoms with van der Waals surface area (Å²) in [5, 5.41) is 12.8. The van der Waals surface area contributed by atoms with Gasteiger partial charge in [-0.3, -0.25) is 4.79 Å². The van der Waals surface area contributed by atoms with Crippen molar-refractivity contribution in [2.75, 3.05) is 19.6 Å². The van der Waals surface area contributed by atoms with Gasteiger partial charge < -0.3 is 15.3 Å². The number of carboxylic acids is 1. The van der Waals surface area contributed by atoms with E-state index < -0.39 is 5.97 Å². The maximum Gasteiger partial charge on any atom is 0.306 e. The van der Waals surface area contributed by atoms with E-state index in [9.17, 15) is 4.79 Å². The van der Waals surface area contributed by atoms with Gasteiger partial charge in [0.25, 0.3) is 0 Å². The molecule has 0 spiro atoms. The van der Waals surface area contributed by atoms with Gasteiger partial charge in [-0.2, -0.15) is 0 Å². The van der Waals surface area contributed by atoms with E-state index in [0.717, 1.165) is 38.8 Å². The van der Waals surface area contributed by atoms with Crippen molar-refractivity contribution in [1.29, 1.82) is 0 Å². The second-order valence-corrected chi connectivity index (χ2v) is 5.80. The molecule has 2 aliphatic rings. The highest BCUT2D eigenvalue weighted by Gasteiger charge is 2.29. The van der Waals surface area contributed by atoms with Gasteiger partial charge in [-0.25, -0.2) is 0 Å². The first-order valence-corrected chi connectivity index (χ1v) is 7.40. The standard InChI is InChI=1S/C14H26N2O2/c1-2-16-8-4-7-13(10-16)15-12-6-3-5-11(9-12)14(17)18/h11-13,15H,2-10H2,1H3,(H,17,18). The minimum absolute atomic E-state index is 0.123. The van der Waals surface area contributed by atoms with Crippen LogP contribution in [0.15, 0.2) is 0 Å². The number of hydrogen-bond donors (Lipinski definition) is 2. The highest BCUT2D eigenvalue weighted by atomic mass is 16.4. The van der Waals surface area contributed by atoms with Gasteiger partial charge in [-0.1, -0.05) is 13.3 Å². The molecule has 3 unspecified atom stereocenters. The van der Waals surface area contributed by atoms with Crippen molar-refractivity contribution in [3.8, 4) is 0 Å². The first-order chi connectivity index (χ1) is 8.69. The fraction of sp³-hybridized carbons (Fsp3) is 0.929. The Morgan fingerprint density at radius 1 is 1.28 bits per heavy atom. The predicted molar refractivity (Wildman–Crippen MR) is 71.7 cm³/mol. The molecule has 0 bridgehead atoms. The molecule has 2 N–H and O–H groups in total. The zero-order valence-electron chi connectivity index (χ0n) is 11.4. The lowest BCUT2D eigenvalue weighted by atomic mass is 9.85. The fourth-order valence-electron chi connectivity index (χ4n) is 3.38. The number of likely N-dealkylation sites (N-methyl/N-ethyl adjacent to an activating group) is 1. The Morgan fingerprint density at radius 2 is 2.06 bits per heavy atom. The Balaban J connectivity index is 1.79. The molecule has 4 nitrogen and oxygen atoms in total. The molecular weight excluding hydrogens is 228 g/mol. The van der Waals surface area contributed by atoms with E-state index in [2.05, 4.69) is 17.1 Å². The lowest BCUT2D eigenvalue weighted by Crippen LogP contribution is -2.50. The number of aliphatic carboxylic acids is 1. The highest BCUT2D eigenvalue weighted by molar-refractivity contribution is 5.70. The normalized spacial score (nSPS) is 34.4. The summed E-state index contributed by atoms with van der Waals surface area (Å²) in [6.07, 6.45) is 6.38. The topological polar surface area (TPSA) is 52.6 Å². The van der Waals surface area contributed by atoms with Crippen molar-refractivity contribution >= 4 is 5.97 Å². The van der Waals surface area contributed by atoms with E-state index in [1.165, 1.54) is 19.4 Å². The Kier molecular flexibility index (Phi) is 5.01. The van der Waals surface area contributed by atoms with Gasteiger partial charge in [0, 0.05) is 18.6 Å². The molecule has 1 aliphatic carbocycles. The molecular formula is C14H26N2O2. The van der Waals surface area contributed by atoms with Crippen LogP contribution in [0.2, 0.25) is 0 Å². The Bertz CT molecular complexity index is 283. The molecule has 104 valence electrons. The summed E-state index contributed by atoms with van der Waals surface area (Å²) < 4.78 is 0. The van der Waals surface area contributed by atoms with E-state index >= 15 is 0 Å². The molecule has 2 rings (SSSR count). The largest absolute Gasteiger partial charge is 0.481 e. The minimum atomic E-state index is -0.611. The number of likely N-dealkylation sites (tertiary alicyclic amines) is 1. The maximum atomic E-state index is 11.1. The van der Waals surface area contributed by atoms with Crippen molar-refractivity contribution in [3.05, 3.63) is 0 Å². The number of carboxylic acid groups (broad SMARTS) is 1. The van der Waals surface area contributed by atoms with Crippen LogP contribution < -0.4 is 5.32 Å². The number of rotatable bonds is 4. The van der Waals surface area contributed by atoms with E-state index in [-0.39, 0.29) is 5.92 Å². The van der Waals surface area contributed by atoms with Crippen molar-refractivity contribution in [2.24, 2.45) is 5.92 Å². The molecule has 1 saturated carbocycles. The van der Waals surface area contributed by atoms with Crippen molar-refractivity contribution in [1.82, 2.24) is 10.2 Å². The summed E-state index contributed by atoms with van der Waals surface area (Å²) in [6, 6.07) is 0.984. The van der Waals surface area contributed by atoms with Crippen LogP contribution in [0.4, 0.5) is 0 Å². The summed E-state index contributed by atoms with van der Waals surface area (Å²) in [7, 11) is 0. The van der Waals surface area contributed by atoms with Gasteiger partial charge in [-0.05, 0) is 45.2 Å². The van der Waals surface area contributed by atoms with E-state index in [1.54, 1.807) is 0 Å². The number of nitrogens with one attached hydrogen (secondary N) is 1. The van der Waals surface area contributed by atoms with Crippen molar-refractivity contribution < 1.29 is 9.90 Å². The Morgan fingerprint density at radius 3 is 2.78 bits per heavy atom. The van der Waals surface area contributed by atoms with Crippen LogP contribution in [0.5, 0.6) is 0 Å². The lowest BCUT2D eigenvalue weighted by Gasteiger charge is -2.36. The molecule has 0 aromatic heterocycles. The molecule has 1 aliphatic heterocycles. The average Bonchev–Trinajstić information content (AvgIpc) is 2.39. The Labute approximate surface area is 110 Å². The predicted octanol–water partition coefficient (Wildman–Crippen LogP) is 1.70. The summed E-state index contributed by atoms with van der Waals surface area (Å²) >= 11 is 0. The van der Waals surface area contributed by atoms with E-state index in [0.29, 0.717) is 12.1 Å². The average molecular weight is 254 g/mol. The molecule has 4 heteroatoms. The quantitative estimate of drug-likeness (QED) is 0.802. The summed E-state index contributed by atoms with van der Waals surface area (Å²) in [5.74, 6) is -0.734. The smallest absolute Gasteiger partial charge is 0.306 e. The number of hydrogen-bond acceptors (Lipinski definition) is 3. The molecule has 3 atom stereocenters. The molecule has 2 fully saturated rings. The maximum absolute atomic E-state index is 11.1. The number of nitrogens with zero attached hydrogens (tertiary/aromatic N) is 1. The lowest BCUT2D eigenvalue weighted by molar-refractivity contribution is -0.143. The number of piperidine rings is 1. The molecule has 0 radical (unpaired) electrons. The second kappa shape index (κ2) is 6.53. The van der Waals surface area contributed by atoms with Crippen LogP contribution in [-0.4, -0.2) is 47.7 Å². The van der Waals surface area contributed by atoms with Crippen LogP contribution in [0.1, 0.15) is 45.4 Å². The highest BCUT2D eigenvalue weighted by Crippen LogP contribution is 2.25. The molecule has 0 aromatic rings. The molecule has 18 heavy (non-hydrogen) atoms. The van der Waals surface area contributed by atoms with Crippen LogP contribution in [0.25, 0.3) is 0 Å². The first-order valence-electron chi connectivity index (χ1n) is 7.40. The van der Waals surface area contributed by atoms with Gasteiger partial charge in [0.1, 0.15) is 0 Å². The molecule has 0 amide bonds. The molecule has 1 heterocycles. The van der Waals surface area contributed by atoms with Crippen LogP contribution in [-0.2, 0) is 4.79 Å². The third-order valence-electron chi connectivity index (χ3n) is 4.45. The van der Waals surface area contributed by atoms with Crippen LogP contribution >= 0.6 is 0 Å². The van der Waals surface area contributed by atoms with Gasteiger partial charge in [0.05, 0.1) is 5.92 Å². The first kappa shape index (κ1) is 13.8. The zero-order chi connectivity index (χ0) is 13.0. The summed E-state index contributed by atoms with van der Waals surface area (Å²) in [4.78, 5) is 13.5. The third kappa shape index (κ3) is 3.69. The zero-order valence-corrected chi connectivity index (χ0v) is 11.4. The van der Waals surface area contributed by atoms with Crippen molar-refractivity contribution in [2.45, 2.75) is 57.5 Å². The van der Waals surface area contributed by atoms with E-state index in [1.807, 2.05) is 0 Å². The monoisotopic (exact) mass is 254 g/mol. The van der Waals surface area contributed by atoms with Crippen LogP contribution in [0.3, 0.4) is 0 Å². The second-order valence-electron chi connectivity index (χ2n) is 5.80. The van der Waals surface area contributed by atoms with Crippen molar-refractivity contribution in [3.63, 3.8) is 0 Å². The van der Waals surface area contributed by atoms with Crippen LogP contribution in [0, 0.1) is 5.92 Å². The SMILES string of the molecule is CCN1CCCC(NC2CCCC(C(=O)O)C2)C1. The minimum Gasteiger partial charge on any atom is -0.481 e.